The Bertz CT molecular complexity index is 1580. The Hall–Kier alpha value is -4.77. The highest BCUT2D eigenvalue weighted by Crippen LogP contribution is 2.47. The zero-order chi connectivity index (χ0) is 29.1. The molecule has 0 bridgehead atoms. The number of ether oxygens (including phenoxy) is 1. The van der Waals surface area contributed by atoms with Crippen molar-refractivity contribution in [2.75, 3.05) is 44.9 Å². The predicted molar refractivity (Wildman–Crippen MR) is 153 cm³/mol. The first-order chi connectivity index (χ1) is 19.6. The van der Waals surface area contributed by atoms with E-state index >= 15 is 0 Å². The van der Waals surface area contributed by atoms with Gasteiger partial charge in [-0.1, -0.05) is 0 Å². The lowest BCUT2D eigenvalue weighted by molar-refractivity contribution is -0.131. The average molecular weight is 559 g/mol. The number of rotatable bonds is 10. The summed E-state index contributed by atoms with van der Waals surface area (Å²) in [5.74, 6) is -0.334. The molecule has 1 aliphatic carbocycles. The number of likely N-dealkylation sites (N-methyl/N-ethyl adjacent to an activating group) is 2. The fourth-order valence-electron chi connectivity index (χ4n) is 4.31. The minimum atomic E-state index is -1.16. The lowest BCUT2D eigenvalue weighted by Gasteiger charge is -2.18. The third kappa shape index (κ3) is 6.20. The van der Waals surface area contributed by atoms with Gasteiger partial charge in [0.15, 0.2) is 0 Å². The van der Waals surface area contributed by atoms with E-state index in [4.69, 9.17) is 4.74 Å². The summed E-state index contributed by atoms with van der Waals surface area (Å²) in [5, 5.41) is 6.17. The van der Waals surface area contributed by atoms with Crippen LogP contribution in [0.1, 0.15) is 23.3 Å². The van der Waals surface area contributed by atoms with Crippen molar-refractivity contribution in [3.63, 3.8) is 0 Å². The molecule has 0 radical (unpaired) electrons. The van der Waals surface area contributed by atoms with Gasteiger partial charge in [-0.3, -0.25) is 14.4 Å². The molecule has 5 rings (SSSR count). The molecular formula is C30H31FN6O4. The van der Waals surface area contributed by atoms with Crippen molar-refractivity contribution >= 4 is 40.1 Å². The quantitative estimate of drug-likeness (QED) is 0.247. The normalized spacial score (nSPS) is 13.6. The Labute approximate surface area is 236 Å². The number of hydrogen-bond donors (Lipinski definition) is 3. The van der Waals surface area contributed by atoms with E-state index in [0.717, 1.165) is 6.54 Å². The van der Waals surface area contributed by atoms with Crippen LogP contribution in [0.5, 0.6) is 11.5 Å². The molecule has 212 valence electrons. The van der Waals surface area contributed by atoms with E-state index in [-0.39, 0.29) is 5.91 Å². The summed E-state index contributed by atoms with van der Waals surface area (Å²) < 4.78 is 19.2. The van der Waals surface area contributed by atoms with Crippen molar-refractivity contribution in [3.05, 3.63) is 78.4 Å². The fourth-order valence-corrected chi connectivity index (χ4v) is 4.31. The molecule has 2 aromatic carbocycles. The van der Waals surface area contributed by atoms with Crippen molar-refractivity contribution < 1.29 is 23.5 Å². The van der Waals surface area contributed by atoms with Gasteiger partial charge in [0.2, 0.25) is 11.8 Å². The van der Waals surface area contributed by atoms with Gasteiger partial charge in [-0.2, -0.15) is 0 Å². The predicted octanol–water partition coefficient (Wildman–Crippen LogP) is 4.49. The molecule has 1 fully saturated rings. The molecule has 0 spiro atoms. The molecule has 0 saturated heterocycles. The highest BCUT2D eigenvalue weighted by Gasteiger charge is 2.56. The first-order valence-electron chi connectivity index (χ1n) is 13.2. The highest BCUT2D eigenvalue weighted by atomic mass is 19.1. The summed E-state index contributed by atoms with van der Waals surface area (Å²) >= 11 is 0. The van der Waals surface area contributed by atoms with Gasteiger partial charge in [0.05, 0.1) is 5.39 Å². The number of amides is 3. The maximum Gasteiger partial charge on any atom is 0.270 e. The summed E-state index contributed by atoms with van der Waals surface area (Å²) in [5.41, 5.74) is 0.733. The van der Waals surface area contributed by atoms with Gasteiger partial charge < -0.3 is 30.2 Å². The second-order valence-corrected chi connectivity index (χ2v) is 10.4. The lowest BCUT2D eigenvalue weighted by atomic mass is 10.0. The van der Waals surface area contributed by atoms with Crippen LogP contribution >= 0.6 is 0 Å². The minimum absolute atomic E-state index is 0.143. The molecule has 0 unspecified atom stereocenters. The summed E-state index contributed by atoms with van der Waals surface area (Å²) in [6.07, 6.45) is 2.45. The number of benzene rings is 2. The number of nitrogens with zero attached hydrogens (tertiary/aromatic N) is 3. The van der Waals surface area contributed by atoms with Crippen molar-refractivity contribution in [3.8, 4) is 11.5 Å². The SMILES string of the molecule is CN(C)CCN(C)C(=O)c1cc2c(Oc3ccc(NC(=O)C4(C(=O)Nc5ccc(F)cc5)CC4)cc3)ccnc2[nH]1. The first kappa shape index (κ1) is 27.8. The topological polar surface area (TPSA) is 120 Å². The number of carbonyl (C=O) groups excluding carboxylic acids is 3. The van der Waals surface area contributed by atoms with E-state index in [1.54, 1.807) is 54.5 Å². The molecular weight excluding hydrogens is 527 g/mol. The number of hydrogen-bond acceptors (Lipinski definition) is 6. The molecule has 3 amide bonds. The van der Waals surface area contributed by atoms with Crippen LogP contribution in [0, 0.1) is 11.2 Å². The Morgan fingerprint density at radius 1 is 0.927 bits per heavy atom. The molecule has 1 saturated carbocycles. The molecule has 3 N–H and O–H groups in total. The Morgan fingerprint density at radius 2 is 1.54 bits per heavy atom. The molecule has 0 aliphatic heterocycles. The summed E-state index contributed by atoms with van der Waals surface area (Å²) in [4.78, 5) is 49.7. The zero-order valence-corrected chi connectivity index (χ0v) is 23.0. The van der Waals surface area contributed by atoms with E-state index in [1.807, 2.05) is 19.0 Å². The van der Waals surface area contributed by atoms with Crippen LogP contribution in [0.25, 0.3) is 11.0 Å². The molecule has 2 heterocycles. The van der Waals surface area contributed by atoms with Crippen LogP contribution < -0.4 is 15.4 Å². The first-order valence-corrected chi connectivity index (χ1v) is 13.2. The number of aromatic nitrogens is 2. The van der Waals surface area contributed by atoms with Gasteiger partial charge in [0.25, 0.3) is 5.91 Å². The summed E-state index contributed by atoms with van der Waals surface area (Å²) in [6, 6.07) is 15.6. The van der Waals surface area contributed by atoms with Crippen LogP contribution in [0.3, 0.4) is 0 Å². The summed E-state index contributed by atoms with van der Waals surface area (Å²) in [6.45, 7) is 1.33. The minimum Gasteiger partial charge on any atom is -0.457 e. The molecule has 4 aromatic rings. The van der Waals surface area contributed by atoms with Gasteiger partial charge >= 0.3 is 0 Å². The molecule has 11 heteroatoms. The number of pyridine rings is 1. The van der Waals surface area contributed by atoms with E-state index in [0.29, 0.717) is 59.0 Å². The van der Waals surface area contributed by atoms with Crippen LogP contribution in [-0.2, 0) is 9.59 Å². The molecule has 0 atom stereocenters. The maximum absolute atomic E-state index is 13.2. The number of fused-ring (bicyclic) bond motifs is 1. The maximum atomic E-state index is 13.2. The third-order valence-electron chi connectivity index (χ3n) is 7.01. The molecule has 2 aromatic heterocycles. The number of halogens is 1. The Balaban J connectivity index is 1.23. The van der Waals surface area contributed by atoms with Crippen molar-refractivity contribution in [1.29, 1.82) is 0 Å². The van der Waals surface area contributed by atoms with Crippen molar-refractivity contribution in [2.45, 2.75) is 12.8 Å². The second-order valence-electron chi connectivity index (χ2n) is 10.4. The van der Waals surface area contributed by atoms with Gasteiger partial charge in [-0.25, -0.2) is 9.37 Å². The third-order valence-corrected chi connectivity index (χ3v) is 7.01. The fraction of sp³-hybridized carbons (Fsp3) is 0.267. The van der Waals surface area contributed by atoms with Crippen LogP contribution in [-0.4, -0.2) is 71.7 Å². The zero-order valence-electron chi connectivity index (χ0n) is 23.0. The van der Waals surface area contributed by atoms with Gasteiger partial charge in [-0.05, 0) is 87.6 Å². The monoisotopic (exact) mass is 558 g/mol. The van der Waals surface area contributed by atoms with E-state index < -0.39 is 23.0 Å². The van der Waals surface area contributed by atoms with Crippen molar-refractivity contribution in [2.24, 2.45) is 5.41 Å². The molecule has 41 heavy (non-hydrogen) atoms. The number of carbonyl (C=O) groups is 3. The Morgan fingerprint density at radius 3 is 2.12 bits per heavy atom. The number of anilines is 2. The van der Waals surface area contributed by atoms with E-state index in [1.165, 1.54) is 24.3 Å². The lowest BCUT2D eigenvalue weighted by Crippen LogP contribution is -2.35. The van der Waals surface area contributed by atoms with Crippen LogP contribution in [0.2, 0.25) is 0 Å². The second kappa shape index (κ2) is 11.4. The van der Waals surface area contributed by atoms with Crippen LogP contribution in [0.4, 0.5) is 15.8 Å². The van der Waals surface area contributed by atoms with Gasteiger partial charge in [-0.15, -0.1) is 0 Å². The molecule has 10 nitrogen and oxygen atoms in total. The number of aromatic amines is 1. The van der Waals surface area contributed by atoms with Crippen molar-refractivity contribution in [1.82, 2.24) is 19.8 Å². The van der Waals surface area contributed by atoms with Gasteiger partial charge in [0.1, 0.15) is 34.1 Å². The number of H-pyrrole nitrogens is 1. The Kier molecular flexibility index (Phi) is 7.71. The highest BCUT2D eigenvalue weighted by molar-refractivity contribution is 6.16. The molecule has 1 aliphatic rings. The van der Waals surface area contributed by atoms with E-state index in [9.17, 15) is 18.8 Å². The average Bonchev–Trinajstić information content (AvgIpc) is 3.66. The smallest absolute Gasteiger partial charge is 0.270 e. The van der Waals surface area contributed by atoms with Crippen LogP contribution in [0.15, 0.2) is 66.9 Å². The summed E-state index contributed by atoms with van der Waals surface area (Å²) in [7, 11) is 5.66. The van der Waals surface area contributed by atoms with Gasteiger partial charge in [0, 0.05) is 37.7 Å². The standard InChI is InChI=1S/C30H31FN6O4/c1-36(2)16-17-37(3)27(38)24-18-23-25(12-15-32-26(23)35-24)41-22-10-8-21(9-11-22)34-29(40)30(13-14-30)28(39)33-20-6-4-19(31)5-7-20/h4-12,15,18H,13-14,16-17H2,1-3H3,(H,32,35)(H,33,39)(H,34,40). The number of nitrogens with one attached hydrogen (secondary N) is 3. The largest absolute Gasteiger partial charge is 0.457 e. The van der Waals surface area contributed by atoms with E-state index in [2.05, 4.69) is 20.6 Å².